The minimum atomic E-state index is -0.410. The lowest BCUT2D eigenvalue weighted by Gasteiger charge is -2.22. The smallest absolute Gasteiger partial charge is 0.154 e. The van der Waals surface area contributed by atoms with Crippen LogP contribution in [0.5, 0.6) is 0 Å². The average Bonchev–Trinajstić information content (AvgIpc) is 3.02. The number of hydrogen-bond donors (Lipinski definition) is 0. The molecule has 1 saturated heterocycles. The minimum Gasteiger partial charge on any atom is -0.359 e. The number of benzene rings is 1. The Kier molecular flexibility index (Phi) is 3.53. The molecule has 1 fully saturated rings. The summed E-state index contributed by atoms with van der Waals surface area (Å²) in [4.78, 5) is 2.11. The van der Waals surface area contributed by atoms with Crippen LogP contribution in [0.3, 0.4) is 0 Å². The van der Waals surface area contributed by atoms with Gasteiger partial charge in [0.15, 0.2) is 5.76 Å². The topological polar surface area (TPSA) is 29.3 Å². The van der Waals surface area contributed by atoms with Gasteiger partial charge in [0.1, 0.15) is 11.6 Å². The van der Waals surface area contributed by atoms with Crippen LogP contribution in [0.2, 0.25) is 0 Å². The Hall–Kier alpha value is -1.75. The third kappa shape index (κ3) is 2.58. The quantitative estimate of drug-likeness (QED) is 0.859. The van der Waals surface area contributed by atoms with Crippen LogP contribution in [0.4, 0.5) is 8.78 Å². The highest BCUT2D eigenvalue weighted by Gasteiger charge is 2.29. The van der Waals surface area contributed by atoms with Gasteiger partial charge < -0.3 is 4.52 Å². The third-order valence-electron chi connectivity index (χ3n) is 3.72. The number of rotatable bonds is 3. The van der Waals surface area contributed by atoms with Gasteiger partial charge in [0.2, 0.25) is 0 Å². The first-order chi connectivity index (χ1) is 9.63. The first-order valence-corrected chi connectivity index (χ1v) is 6.74. The number of aromatic nitrogens is 1. The first-order valence-electron chi connectivity index (χ1n) is 6.74. The zero-order valence-electron chi connectivity index (χ0n) is 11.3. The number of likely N-dealkylation sites (tertiary alicyclic amines) is 1. The molecule has 20 heavy (non-hydrogen) atoms. The lowest BCUT2D eigenvalue weighted by Crippen LogP contribution is -2.23. The Labute approximate surface area is 116 Å². The third-order valence-corrected chi connectivity index (χ3v) is 3.72. The number of aryl methyl sites for hydroxylation is 1. The van der Waals surface area contributed by atoms with Crippen LogP contribution in [0.1, 0.15) is 35.9 Å². The number of hydrogen-bond acceptors (Lipinski definition) is 3. The highest BCUT2D eigenvalue weighted by atomic mass is 19.1. The van der Waals surface area contributed by atoms with Crippen LogP contribution in [0, 0.1) is 18.6 Å². The predicted octanol–water partition coefficient (Wildman–Crippen LogP) is 3.60. The van der Waals surface area contributed by atoms with Crippen molar-refractivity contribution in [1.82, 2.24) is 10.1 Å². The highest BCUT2D eigenvalue weighted by Crippen LogP contribution is 2.33. The summed E-state index contributed by atoms with van der Waals surface area (Å²) in [7, 11) is 0. The fraction of sp³-hybridized carbons (Fsp3) is 0.400. The molecule has 5 heteroatoms. The van der Waals surface area contributed by atoms with Crippen LogP contribution in [0.25, 0.3) is 0 Å². The molecule has 1 aliphatic rings. The van der Waals surface area contributed by atoms with E-state index in [1.54, 1.807) is 0 Å². The molecule has 1 atom stereocenters. The molecule has 0 radical (unpaired) electrons. The second kappa shape index (κ2) is 5.32. The molecule has 0 unspecified atom stereocenters. The standard InChI is InChI=1S/C15H16F2N2O/c1-10-7-15(20-18-10)14-3-2-6-19(14)9-11-8-12(16)4-5-13(11)17/h4-5,7-8,14H,2-3,6,9H2,1H3/t14-/m0/s1. The molecule has 0 bridgehead atoms. The molecule has 0 N–H and O–H groups in total. The van der Waals surface area contributed by atoms with Crippen molar-refractivity contribution in [3.05, 3.63) is 52.9 Å². The maximum Gasteiger partial charge on any atom is 0.154 e. The monoisotopic (exact) mass is 278 g/mol. The maximum absolute atomic E-state index is 13.7. The Balaban J connectivity index is 1.81. The van der Waals surface area contributed by atoms with E-state index in [1.807, 2.05) is 13.0 Å². The van der Waals surface area contributed by atoms with Crippen molar-refractivity contribution in [2.24, 2.45) is 0 Å². The van der Waals surface area contributed by atoms with Gasteiger partial charge in [0.05, 0.1) is 11.7 Å². The summed E-state index contributed by atoms with van der Waals surface area (Å²) in [5, 5.41) is 3.90. The van der Waals surface area contributed by atoms with Crippen molar-refractivity contribution in [2.45, 2.75) is 32.4 Å². The molecule has 2 heterocycles. The van der Waals surface area contributed by atoms with Gasteiger partial charge in [0, 0.05) is 18.2 Å². The summed E-state index contributed by atoms with van der Waals surface area (Å²) in [6.45, 7) is 3.10. The van der Waals surface area contributed by atoms with Gasteiger partial charge in [-0.3, -0.25) is 4.90 Å². The van der Waals surface area contributed by atoms with Crippen LogP contribution < -0.4 is 0 Å². The SMILES string of the molecule is Cc1cc([C@@H]2CCCN2Cc2cc(F)ccc2F)on1. The second-order valence-electron chi connectivity index (χ2n) is 5.23. The van der Waals surface area contributed by atoms with Crippen molar-refractivity contribution in [3.8, 4) is 0 Å². The molecule has 106 valence electrons. The molecule has 2 aromatic rings. The van der Waals surface area contributed by atoms with Gasteiger partial charge in [0.25, 0.3) is 0 Å². The van der Waals surface area contributed by atoms with Crippen molar-refractivity contribution in [2.75, 3.05) is 6.54 Å². The molecule has 0 spiro atoms. The Bertz CT molecular complexity index is 612. The Morgan fingerprint density at radius 2 is 2.20 bits per heavy atom. The molecule has 3 rings (SSSR count). The summed E-state index contributed by atoms with van der Waals surface area (Å²) in [6.07, 6.45) is 1.97. The van der Waals surface area contributed by atoms with Crippen LogP contribution >= 0.6 is 0 Å². The average molecular weight is 278 g/mol. The second-order valence-corrected chi connectivity index (χ2v) is 5.23. The normalized spacial score (nSPS) is 19.6. The van der Waals surface area contributed by atoms with Gasteiger partial charge >= 0.3 is 0 Å². The van der Waals surface area contributed by atoms with Crippen molar-refractivity contribution >= 4 is 0 Å². The molecule has 1 aromatic carbocycles. The molecule has 1 aromatic heterocycles. The van der Waals surface area contributed by atoms with Crippen LogP contribution in [-0.2, 0) is 6.54 Å². The van der Waals surface area contributed by atoms with Crippen LogP contribution in [-0.4, -0.2) is 16.6 Å². The summed E-state index contributed by atoms with van der Waals surface area (Å²) in [5.74, 6) is 0.0234. The lowest BCUT2D eigenvalue weighted by molar-refractivity contribution is 0.204. The van der Waals surface area contributed by atoms with E-state index in [4.69, 9.17) is 4.52 Å². The summed E-state index contributed by atoms with van der Waals surface area (Å²) >= 11 is 0. The first kappa shape index (κ1) is 13.2. The Morgan fingerprint density at radius 3 is 2.95 bits per heavy atom. The highest BCUT2D eigenvalue weighted by molar-refractivity contribution is 5.19. The molecule has 1 aliphatic heterocycles. The van der Waals surface area contributed by atoms with E-state index in [9.17, 15) is 8.78 Å². The van der Waals surface area contributed by atoms with E-state index in [0.717, 1.165) is 36.9 Å². The van der Waals surface area contributed by atoms with E-state index in [2.05, 4.69) is 10.1 Å². The van der Waals surface area contributed by atoms with Gasteiger partial charge in [-0.1, -0.05) is 5.16 Å². The lowest BCUT2D eigenvalue weighted by atomic mass is 10.1. The molecule has 0 amide bonds. The zero-order valence-corrected chi connectivity index (χ0v) is 11.3. The van der Waals surface area contributed by atoms with E-state index in [0.29, 0.717) is 12.1 Å². The van der Waals surface area contributed by atoms with E-state index in [1.165, 1.54) is 12.1 Å². The summed E-state index contributed by atoms with van der Waals surface area (Å²) in [5.41, 5.74) is 1.22. The maximum atomic E-state index is 13.7. The van der Waals surface area contributed by atoms with Gasteiger partial charge in [-0.15, -0.1) is 0 Å². The molecular weight excluding hydrogens is 262 g/mol. The largest absolute Gasteiger partial charge is 0.359 e. The van der Waals surface area contributed by atoms with Crippen molar-refractivity contribution in [1.29, 1.82) is 0 Å². The van der Waals surface area contributed by atoms with Gasteiger partial charge in [-0.05, 0) is 44.5 Å². The van der Waals surface area contributed by atoms with E-state index >= 15 is 0 Å². The van der Waals surface area contributed by atoms with Gasteiger partial charge in [-0.2, -0.15) is 0 Å². The minimum absolute atomic E-state index is 0.0962. The molecule has 0 aliphatic carbocycles. The van der Waals surface area contributed by atoms with Gasteiger partial charge in [-0.25, -0.2) is 8.78 Å². The van der Waals surface area contributed by atoms with E-state index in [-0.39, 0.29) is 11.9 Å². The predicted molar refractivity (Wildman–Crippen MR) is 70.0 cm³/mol. The molecular formula is C15H16F2N2O. The number of nitrogens with zero attached hydrogens (tertiary/aromatic N) is 2. The zero-order chi connectivity index (χ0) is 14.1. The Morgan fingerprint density at radius 1 is 1.35 bits per heavy atom. The van der Waals surface area contributed by atoms with Crippen molar-refractivity contribution < 1.29 is 13.3 Å². The molecule has 3 nitrogen and oxygen atoms in total. The molecule has 0 saturated carbocycles. The van der Waals surface area contributed by atoms with Crippen molar-refractivity contribution in [3.63, 3.8) is 0 Å². The summed E-state index contributed by atoms with van der Waals surface area (Å²) < 4.78 is 32.3. The fourth-order valence-electron chi connectivity index (χ4n) is 2.76. The van der Waals surface area contributed by atoms with Crippen LogP contribution in [0.15, 0.2) is 28.8 Å². The number of halogens is 2. The van der Waals surface area contributed by atoms with E-state index < -0.39 is 5.82 Å². The summed E-state index contributed by atoms with van der Waals surface area (Å²) in [6, 6.07) is 5.58. The fourth-order valence-corrected chi connectivity index (χ4v) is 2.76.